The van der Waals surface area contributed by atoms with Gasteiger partial charge in [0.15, 0.2) is 11.2 Å². The van der Waals surface area contributed by atoms with Crippen molar-refractivity contribution in [2.75, 3.05) is 0 Å². The molecule has 6 saturated carbocycles. The van der Waals surface area contributed by atoms with Crippen molar-refractivity contribution in [2.45, 2.75) is 75.4 Å². The minimum Gasteiger partial charge on any atom is -0.446 e. The van der Waals surface area contributed by atoms with E-state index in [1.807, 2.05) is 0 Å². The predicted molar refractivity (Wildman–Crippen MR) is 94.3 cm³/mol. The summed E-state index contributed by atoms with van der Waals surface area (Å²) in [7, 11) is 0. The molecule has 0 bridgehead atoms. The largest absolute Gasteiger partial charge is 0.446 e. The quantitative estimate of drug-likeness (QED) is 0.593. The van der Waals surface area contributed by atoms with Crippen molar-refractivity contribution < 1.29 is 9.47 Å². The monoisotopic (exact) mass is 344 g/mol. The second-order valence-electron chi connectivity index (χ2n) is 10.4. The first-order chi connectivity index (χ1) is 11.7. The fourth-order valence-corrected chi connectivity index (χ4v) is 10.2. The van der Waals surface area contributed by atoms with Gasteiger partial charge in [0, 0.05) is 24.1 Å². The van der Waals surface area contributed by atoms with Gasteiger partial charge in [-0.2, -0.15) is 0 Å². The lowest BCUT2D eigenvalue weighted by atomic mass is 9.67. The second-order valence-corrected chi connectivity index (χ2v) is 10.7. The highest BCUT2D eigenvalue weighted by atomic mass is 32.1. The minimum absolute atomic E-state index is 0.0293. The van der Waals surface area contributed by atoms with Crippen LogP contribution >= 0.6 is 12.2 Å². The fraction of sp³-hybridized carbons (Fsp3) is 0.952. The lowest BCUT2D eigenvalue weighted by Crippen LogP contribution is -2.57. The maximum absolute atomic E-state index is 6.64. The predicted octanol–water partition coefficient (Wildman–Crippen LogP) is 4.71. The number of hydrogen-bond acceptors (Lipinski definition) is 3. The average Bonchev–Trinajstić information content (AvgIpc) is 3.32. The number of thiocarbonyl (C=S) groups is 1. The molecular formula is C21H28O2S. The van der Waals surface area contributed by atoms with Crippen LogP contribution < -0.4 is 0 Å². The zero-order valence-electron chi connectivity index (χ0n) is 14.4. The summed E-state index contributed by atoms with van der Waals surface area (Å²) < 4.78 is 13.3. The summed E-state index contributed by atoms with van der Waals surface area (Å²) in [5.41, 5.74) is -0.0586. The third-order valence-electron chi connectivity index (χ3n) is 10.2. The van der Waals surface area contributed by atoms with Gasteiger partial charge in [0.1, 0.15) is 0 Å². The molecule has 7 rings (SSSR count). The summed E-state index contributed by atoms with van der Waals surface area (Å²) in [4.78, 5) is 0. The van der Waals surface area contributed by atoms with E-state index in [0.29, 0.717) is 5.24 Å². The Kier molecular flexibility index (Phi) is 2.40. The molecule has 0 aromatic heterocycles. The van der Waals surface area contributed by atoms with Gasteiger partial charge in [-0.25, -0.2) is 0 Å². The van der Waals surface area contributed by atoms with Gasteiger partial charge in [-0.3, -0.25) is 0 Å². The molecule has 1 heterocycles. The van der Waals surface area contributed by atoms with E-state index < -0.39 is 0 Å². The van der Waals surface area contributed by atoms with Crippen LogP contribution in [0.2, 0.25) is 0 Å². The Labute approximate surface area is 150 Å². The van der Waals surface area contributed by atoms with E-state index >= 15 is 0 Å². The van der Waals surface area contributed by atoms with E-state index in [1.165, 1.54) is 64.2 Å². The van der Waals surface area contributed by atoms with E-state index in [9.17, 15) is 0 Å². The summed E-state index contributed by atoms with van der Waals surface area (Å²) in [6, 6.07) is 0. The molecule has 130 valence electrons. The molecule has 0 aromatic carbocycles. The molecular weight excluding hydrogens is 316 g/mol. The molecule has 1 aliphatic heterocycles. The lowest BCUT2D eigenvalue weighted by molar-refractivity contribution is -0.106. The summed E-state index contributed by atoms with van der Waals surface area (Å²) >= 11 is 5.59. The molecule has 7 fully saturated rings. The standard InChI is InChI=1S/C21H28O2S/c24-19-22-20(9-13-3-1-11-5-7-15(20)17(11)13)21(23-19)10-14-4-2-12-6-8-16(21)18(12)14/h11-18H,1-10H2/t11-,12-,13-,14-,15-,16-,17+,18+,20-,21-/m0/s1. The first kappa shape index (κ1) is 13.8. The van der Waals surface area contributed by atoms with Crippen LogP contribution in [-0.2, 0) is 9.47 Å². The third kappa shape index (κ3) is 1.29. The summed E-state index contributed by atoms with van der Waals surface area (Å²) in [5, 5.41) is 0.516. The van der Waals surface area contributed by atoms with E-state index in [1.54, 1.807) is 0 Å². The number of ether oxygens (including phenoxy) is 2. The van der Waals surface area contributed by atoms with Crippen LogP contribution in [0.25, 0.3) is 0 Å². The number of hydrogen-bond donors (Lipinski definition) is 0. The number of rotatable bonds is 0. The van der Waals surface area contributed by atoms with Crippen molar-refractivity contribution in [1.29, 1.82) is 0 Å². The highest BCUT2D eigenvalue weighted by Crippen LogP contribution is 2.74. The Balaban J connectivity index is 1.38. The van der Waals surface area contributed by atoms with Gasteiger partial charge in [0.2, 0.25) is 0 Å². The van der Waals surface area contributed by atoms with E-state index in [0.717, 1.165) is 47.3 Å². The van der Waals surface area contributed by atoms with Crippen molar-refractivity contribution in [2.24, 2.45) is 47.3 Å². The summed E-state index contributed by atoms with van der Waals surface area (Å²) in [5.74, 6) is 7.15. The van der Waals surface area contributed by atoms with Gasteiger partial charge in [-0.05, 0) is 99.7 Å². The van der Waals surface area contributed by atoms with Crippen molar-refractivity contribution >= 4 is 17.5 Å². The van der Waals surface area contributed by atoms with Crippen molar-refractivity contribution in [3.8, 4) is 0 Å². The van der Waals surface area contributed by atoms with Crippen molar-refractivity contribution in [3.05, 3.63) is 0 Å². The van der Waals surface area contributed by atoms with Crippen LogP contribution in [0.3, 0.4) is 0 Å². The Morgan fingerprint density at radius 3 is 1.54 bits per heavy atom. The van der Waals surface area contributed by atoms with Gasteiger partial charge in [-0.1, -0.05) is 0 Å². The first-order valence-corrected chi connectivity index (χ1v) is 11.0. The molecule has 2 nitrogen and oxygen atoms in total. The Hall–Kier alpha value is -0.310. The van der Waals surface area contributed by atoms with Crippen LogP contribution in [0.4, 0.5) is 0 Å². The SMILES string of the molecule is S=C1O[C@]2(C[C@@H]3CC[C@H]4CC[C@H]2[C@H]43)[C@@]2(C[C@@H]3CC[C@H]4CC[C@H]2[C@H]43)O1. The topological polar surface area (TPSA) is 18.5 Å². The normalized spacial score (nSPS) is 64.9. The zero-order chi connectivity index (χ0) is 15.7. The van der Waals surface area contributed by atoms with Crippen LogP contribution in [0.15, 0.2) is 0 Å². The highest BCUT2D eigenvalue weighted by Gasteiger charge is 2.79. The van der Waals surface area contributed by atoms with Crippen molar-refractivity contribution in [1.82, 2.24) is 0 Å². The van der Waals surface area contributed by atoms with Crippen molar-refractivity contribution in [3.63, 3.8) is 0 Å². The van der Waals surface area contributed by atoms with Gasteiger partial charge in [0.25, 0.3) is 0 Å². The van der Waals surface area contributed by atoms with Gasteiger partial charge < -0.3 is 9.47 Å². The van der Waals surface area contributed by atoms with Crippen LogP contribution in [0, 0.1) is 47.3 Å². The first-order valence-electron chi connectivity index (χ1n) is 10.6. The molecule has 0 N–H and O–H groups in total. The molecule has 0 unspecified atom stereocenters. The molecule has 0 amide bonds. The summed E-state index contributed by atoms with van der Waals surface area (Å²) in [6.45, 7) is 0. The van der Waals surface area contributed by atoms with Crippen LogP contribution in [0.1, 0.15) is 64.2 Å². The zero-order valence-corrected chi connectivity index (χ0v) is 15.2. The molecule has 6 aliphatic carbocycles. The Morgan fingerprint density at radius 1 is 0.625 bits per heavy atom. The Morgan fingerprint density at radius 2 is 1.04 bits per heavy atom. The molecule has 0 radical (unpaired) electrons. The van der Waals surface area contributed by atoms with Crippen LogP contribution in [-0.4, -0.2) is 16.4 Å². The maximum Gasteiger partial charge on any atom is 0.353 e. The Bertz CT molecular complexity index is 581. The van der Waals surface area contributed by atoms with Gasteiger partial charge in [-0.15, -0.1) is 0 Å². The van der Waals surface area contributed by atoms with Gasteiger partial charge in [0.05, 0.1) is 0 Å². The van der Waals surface area contributed by atoms with E-state index in [2.05, 4.69) is 0 Å². The second kappa shape index (κ2) is 4.15. The number of fused-ring (bicyclic) bond motifs is 3. The molecule has 10 atom stereocenters. The summed E-state index contributed by atoms with van der Waals surface area (Å²) in [6.07, 6.45) is 14.0. The maximum atomic E-state index is 6.64. The average molecular weight is 345 g/mol. The molecule has 2 spiro atoms. The van der Waals surface area contributed by atoms with E-state index in [-0.39, 0.29) is 11.2 Å². The van der Waals surface area contributed by atoms with E-state index in [4.69, 9.17) is 21.7 Å². The molecule has 7 aliphatic rings. The minimum atomic E-state index is -0.0293. The molecule has 24 heavy (non-hydrogen) atoms. The molecule has 0 aromatic rings. The lowest BCUT2D eigenvalue weighted by Gasteiger charge is -2.44. The smallest absolute Gasteiger partial charge is 0.353 e. The molecule has 3 heteroatoms. The van der Waals surface area contributed by atoms with Gasteiger partial charge >= 0.3 is 5.24 Å². The fourth-order valence-electron chi connectivity index (χ4n) is 9.90. The highest BCUT2D eigenvalue weighted by molar-refractivity contribution is 7.79. The van der Waals surface area contributed by atoms with Crippen LogP contribution in [0.5, 0.6) is 0 Å². The molecule has 1 saturated heterocycles. The third-order valence-corrected chi connectivity index (χ3v) is 10.4.